The molecule has 5 heterocycles. The predicted octanol–water partition coefficient (Wildman–Crippen LogP) is 1.92. The zero-order chi connectivity index (χ0) is 24.7. The topological polar surface area (TPSA) is 160 Å². The number of aliphatic hydroxyl groups excluding tert-OH is 1. The number of hydrogen-bond donors (Lipinski definition) is 2. The standard InChI is InChI=1S/C21H26ClN7O6/c1-21(2,3)19-28-27-17(35-19)13-12(31)14(33-9-30)18(34-13)29-8-23-11-15(25-20(22)26-16(11)29)24-10-4-6-32-7-5-10/h8-10,12-14,18,31H,4-7H2,1-3H3,(H,24,25,26)/t12-,13+,14-,18-/m1/s1. The van der Waals surface area contributed by atoms with E-state index in [0.29, 0.717) is 36.1 Å². The fraction of sp³-hybridized carbons (Fsp3) is 0.619. The molecule has 3 aromatic heterocycles. The van der Waals surface area contributed by atoms with Crippen LogP contribution in [-0.2, 0) is 24.4 Å². The SMILES string of the molecule is CC(C)(C)c1nnc([C@H]2O[C@@H](n3cnc4c(NC5CCOCC5)nc(Cl)nc43)[C@H](OC=O)[C@@H]2O)o1. The maximum atomic E-state index is 11.3. The maximum Gasteiger partial charge on any atom is 0.293 e. The number of halogens is 1. The summed E-state index contributed by atoms with van der Waals surface area (Å²) in [6.07, 6.45) is -1.30. The van der Waals surface area contributed by atoms with E-state index in [9.17, 15) is 9.90 Å². The fourth-order valence-corrected chi connectivity index (χ4v) is 4.32. The molecule has 0 aromatic carbocycles. The molecular formula is C21H26ClN7O6. The van der Waals surface area contributed by atoms with Gasteiger partial charge >= 0.3 is 0 Å². The van der Waals surface area contributed by atoms with Gasteiger partial charge in [-0.05, 0) is 24.4 Å². The van der Waals surface area contributed by atoms with Crippen LogP contribution in [-0.4, -0.2) is 72.8 Å². The lowest BCUT2D eigenvalue weighted by Gasteiger charge is -2.23. The van der Waals surface area contributed by atoms with Crippen LogP contribution in [0.25, 0.3) is 11.2 Å². The van der Waals surface area contributed by atoms with Crippen molar-refractivity contribution in [2.24, 2.45) is 0 Å². The quantitative estimate of drug-likeness (QED) is 0.369. The number of aliphatic hydroxyl groups is 1. The minimum atomic E-state index is -1.28. The third kappa shape index (κ3) is 4.56. The van der Waals surface area contributed by atoms with Gasteiger partial charge in [0.1, 0.15) is 6.10 Å². The van der Waals surface area contributed by atoms with Gasteiger partial charge in [-0.15, -0.1) is 10.2 Å². The number of aromatic nitrogens is 6. The summed E-state index contributed by atoms with van der Waals surface area (Å²) in [4.78, 5) is 24.3. The number of carbonyl (C=O) groups excluding carboxylic acids is 1. The molecule has 0 unspecified atom stereocenters. The van der Waals surface area contributed by atoms with Crippen molar-refractivity contribution in [3.8, 4) is 0 Å². The molecule has 5 rings (SSSR count). The highest BCUT2D eigenvalue weighted by molar-refractivity contribution is 6.28. The summed E-state index contributed by atoms with van der Waals surface area (Å²) in [5.74, 6) is 0.930. The van der Waals surface area contributed by atoms with Gasteiger partial charge < -0.3 is 29.1 Å². The Labute approximate surface area is 205 Å². The maximum absolute atomic E-state index is 11.3. The molecule has 13 nitrogen and oxygen atoms in total. The average molecular weight is 508 g/mol. The second-order valence-corrected chi connectivity index (χ2v) is 9.86. The summed E-state index contributed by atoms with van der Waals surface area (Å²) >= 11 is 6.23. The normalized spacial score (nSPS) is 25.7. The Hall–Kier alpha value is -2.87. The Morgan fingerprint density at radius 2 is 2.03 bits per heavy atom. The Kier molecular flexibility index (Phi) is 6.34. The lowest BCUT2D eigenvalue weighted by Crippen LogP contribution is -2.32. The number of rotatable bonds is 6. The van der Waals surface area contributed by atoms with E-state index in [4.69, 9.17) is 30.2 Å². The van der Waals surface area contributed by atoms with E-state index in [1.165, 1.54) is 10.9 Å². The van der Waals surface area contributed by atoms with Crippen molar-refractivity contribution in [1.29, 1.82) is 0 Å². The lowest BCUT2D eigenvalue weighted by molar-refractivity contribution is -0.142. The highest BCUT2D eigenvalue weighted by Gasteiger charge is 2.50. The van der Waals surface area contributed by atoms with Crippen molar-refractivity contribution in [3.63, 3.8) is 0 Å². The van der Waals surface area contributed by atoms with Gasteiger partial charge in [0.05, 0.1) is 6.33 Å². The molecule has 188 valence electrons. The van der Waals surface area contributed by atoms with Gasteiger partial charge in [0.25, 0.3) is 6.47 Å². The molecule has 4 atom stereocenters. The van der Waals surface area contributed by atoms with Crippen LogP contribution in [0.5, 0.6) is 0 Å². The van der Waals surface area contributed by atoms with Crippen molar-refractivity contribution in [2.45, 2.75) is 69.6 Å². The second-order valence-electron chi connectivity index (χ2n) is 9.53. The molecule has 2 fully saturated rings. The molecule has 0 saturated carbocycles. The van der Waals surface area contributed by atoms with Crippen LogP contribution in [0.3, 0.4) is 0 Å². The van der Waals surface area contributed by atoms with Crippen molar-refractivity contribution >= 4 is 35.1 Å². The third-order valence-corrected chi connectivity index (χ3v) is 6.15. The Morgan fingerprint density at radius 1 is 1.26 bits per heavy atom. The first-order valence-corrected chi connectivity index (χ1v) is 11.6. The van der Waals surface area contributed by atoms with Crippen LogP contribution in [0.15, 0.2) is 10.7 Å². The van der Waals surface area contributed by atoms with Gasteiger partial charge in [-0.25, -0.2) is 4.98 Å². The summed E-state index contributed by atoms with van der Waals surface area (Å²) in [5.41, 5.74) is 0.410. The molecule has 0 radical (unpaired) electrons. The lowest BCUT2D eigenvalue weighted by atomic mass is 9.97. The third-order valence-electron chi connectivity index (χ3n) is 5.98. The Bertz CT molecular complexity index is 1200. The molecule has 3 aromatic rings. The van der Waals surface area contributed by atoms with Gasteiger partial charge in [-0.2, -0.15) is 9.97 Å². The molecule has 2 saturated heterocycles. The monoisotopic (exact) mass is 507 g/mol. The van der Waals surface area contributed by atoms with Crippen LogP contribution >= 0.6 is 11.6 Å². The van der Waals surface area contributed by atoms with E-state index in [1.807, 2.05) is 20.8 Å². The molecule has 0 amide bonds. The molecule has 0 bridgehead atoms. The van der Waals surface area contributed by atoms with Crippen LogP contribution in [0.4, 0.5) is 5.82 Å². The number of anilines is 1. The van der Waals surface area contributed by atoms with Gasteiger partial charge in [-0.1, -0.05) is 20.8 Å². The van der Waals surface area contributed by atoms with Crippen LogP contribution in [0.2, 0.25) is 5.28 Å². The van der Waals surface area contributed by atoms with E-state index >= 15 is 0 Å². The number of carbonyl (C=O) groups is 1. The molecule has 35 heavy (non-hydrogen) atoms. The first-order valence-electron chi connectivity index (χ1n) is 11.3. The first kappa shape index (κ1) is 23.9. The van der Waals surface area contributed by atoms with E-state index in [1.54, 1.807) is 0 Å². The molecule has 14 heteroatoms. The highest BCUT2D eigenvalue weighted by atomic mass is 35.5. The van der Waals surface area contributed by atoms with Crippen LogP contribution < -0.4 is 5.32 Å². The number of imidazole rings is 1. The van der Waals surface area contributed by atoms with Gasteiger partial charge in [-0.3, -0.25) is 9.36 Å². The number of nitrogens with zero attached hydrogens (tertiary/aromatic N) is 6. The van der Waals surface area contributed by atoms with Crippen LogP contribution in [0.1, 0.15) is 57.7 Å². The molecular weight excluding hydrogens is 482 g/mol. The van der Waals surface area contributed by atoms with Gasteiger partial charge in [0.15, 0.2) is 35.4 Å². The Balaban J connectivity index is 1.48. The van der Waals surface area contributed by atoms with E-state index in [-0.39, 0.29) is 23.7 Å². The smallest absolute Gasteiger partial charge is 0.293 e. The van der Waals surface area contributed by atoms with Gasteiger partial charge in [0.2, 0.25) is 17.1 Å². The van der Waals surface area contributed by atoms with E-state index < -0.39 is 30.0 Å². The first-order chi connectivity index (χ1) is 16.8. The molecule has 0 spiro atoms. The minimum absolute atomic E-state index is 0.00322. The van der Waals surface area contributed by atoms with Gasteiger partial charge in [0, 0.05) is 24.7 Å². The number of nitrogens with one attached hydrogen (secondary N) is 1. The van der Waals surface area contributed by atoms with Crippen LogP contribution in [0, 0.1) is 0 Å². The fourth-order valence-electron chi connectivity index (χ4n) is 4.15. The molecule has 2 aliphatic rings. The summed E-state index contributed by atoms with van der Waals surface area (Å²) in [5, 5.41) is 22.4. The largest absolute Gasteiger partial charge is 0.457 e. The zero-order valence-corrected chi connectivity index (χ0v) is 20.2. The summed E-state index contributed by atoms with van der Waals surface area (Å²) in [6, 6.07) is 0.151. The highest BCUT2D eigenvalue weighted by Crippen LogP contribution is 2.41. The minimum Gasteiger partial charge on any atom is -0.457 e. The summed E-state index contributed by atoms with van der Waals surface area (Å²) in [6.45, 7) is 7.32. The average Bonchev–Trinajstić information content (AvgIpc) is 3.53. The summed E-state index contributed by atoms with van der Waals surface area (Å²) < 4.78 is 24.0. The van der Waals surface area contributed by atoms with Crippen molar-refractivity contribution in [3.05, 3.63) is 23.4 Å². The zero-order valence-electron chi connectivity index (χ0n) is 19.4. The van der Waals surface area contributed by atoms with Crippen molar-refractivity contribution in [1.82, 2.24) is 29.7 Å². The number of hydrogen-bond acceptors (Lipinski definition) is 12. The van der Waals surface area contributed by atoms with Crippen molar-refractivity contribution in [2.75, 3.05) is 18.5 Å². The molecule has 2 aliphatic heterocycles. The van der Waals surface area contributed by atoms with E-state index in [0.717, 1.165) is 12.8 Å². The summed E-state index contributed by atoms with van der Waals surface area (Å²) in [7, 11) is 0. The molecule has 2 N–H and O–H groups in total. The predicted molar refractivity (Wildman–Crippen MR) is 121 cm³/mol. The van der Waals surface area contributed by atoms with Crippen molar-refractivity contribution < 1.29 is 28.5 Å². The molecule has 0 aliphatic carbocycles. The Morgan fingerprint density at radius 3 is 2.71 bits per heavy atom. The van der Waals surface area contributed by atoms with E-state index in [2.05, 4.69) is 30.5 Å². The second kappa shape index (κ2) is 9.30. The number of ether oxygens (including phenoxy) is 3. The number of fused-ring (bicyclic) bond motifs is 1.